The number of hydrogen-bond donors (Lipinski definition) is 0. The molecule has 0 N–H and O–H groups in total. The maximum atomic E-state index is 5.35. The minimum Gasteiger partial charge on any atom is -0.496 e. The molecule has 0 saturated carbocycles. The second-order valence-electron chi connectivity index (χ2n) is 3.99. The molecule has 1 heterocycles. The molecule has 2 rings (SSSR count). The topological polar surface area (TPSA) is 22.1 Å². The van der Waals surface area contributed by atoms with Gasteiger partial charge in [0.15, 0.2) is 0 Å². The van der Waals surface area contributed by atoms with Crippen LogP contribution < -0.4 is 4.74 Å². The standard InChI is InChI=1S/C15H17NO/c1-3-6-13-10-9-12(11-16-13)14-7-4-5-8-15(14)17-2/h4-5,7-11H,3,6H2,1-2H3. The van der Waals surface area contributed by atoms with E-state index in [1.807, 2.05) is 24.4 Å². The van der Waals surface area contributed by atoms with Gasteiger partial charge in [0, 0.05) is 23.0 Å². The zero-order valence-electron chi connectivity index (χ0n) is 10.3. The molecule has 0 fully saturated rings. The lowest BCUT2D eigenvalue weighted by molar-refractivity contribution is 0.416. The summed E-state index contributed by atoms with van der Waals surface area (Å²) in [4.78, 5) is 4.46. The number of nitrogens with zero attached hydrogens (tertiary/aromatic N) is 1. The van der Waals surface area contributed by atoms with E-state index in [9.17, 15) is 0 Å². The van der Waals surface area contributed by atoms with Gasteiger partial charge in [-0.2, -0.15) is 0 Å². The highest BCUT2D eigenvalue weighted by molar-refractivity contribution is 5.69. The fourth-order valence-electron chi connectivity index (χ4n) is 1.87. The van der Waals surface area contributed by atoms with Crippen molar-refractivity contribution in [3.05, 3.63) is 48.3 Å². The van der Waals surface area contributed by atoms with Crippen molar-refractivity contribution in [2.75, 3.05) is 7.11 Å². The third kappa shape index (κ3) is 2.64. The molecule has 0 unspecified atom stereocenters. The van der Waals surface area contributed by atoms with E-state index in [2.05, 4.69) is 30.1 Å². The van der Waals surface area contributed by atoms with Crippen molar-refractivity contribution in [2.45, 2.75) is 19.8 Å². The second kappa shape index (κ2) is 5.48. The van der Waals surface area contributed by atoms with Crippen LogP contribution in [0.15, 0.2) is 42.6 Å². The normalized spacial score (nSPS) is 10.2. The summed E-state index contributed by atoms with van der Waals surface area (Å²) in [5.41, 5.74) is 3.33. The average Bonchev–Trinajstić information content (AvgIpc) is 2.40. The highest BCUT2D eigenvalue weighted by Crippen LogP contribution is 2.28. The number of hydrogen-bond acceptors (Lipinski definition) is 2. The highest BCUT2D eigenvalue weighted by atomic mass is 16.5. The summed E-state index contributed by atoms with van der Waals surface area (Å²) in [6, 6.07) is 12.2. The number of rotatable bonds is 4. The molecule has 0 saturated heterocycles. The van der Waals surface area contributed by atoms with Crippen LogP contribution in [0.1, 0.15) is 19.0 Å². The quantitative estimate of drug-likeness (QED) is 0.794. The van der Waals surface area contributed by atoms with Crippen LogP contribution in [0.5, 0.6) is 5.75 Å². The molecule has 0 aliphatic carbocycles. The van der Waals surface area contributed by atoms with Gasteiger partial charge in [-0.15, -0.1) is 0 Å². The Hall–Kier alpha value is -1.83. The Morgan fingerprint density at radius 3 is 2.59 bits per heavy atom. The molecule has 2 heteroatoms. The number of pyridine rings is 1. The lowest BCUT2D eigenvalue weighted by Crippen LogP contribution is -1.91. The summed E-state index contributed by atoms with van der Waals surface area (Å²) in [6.45, 7) is 2.16. The van der Waals surface area contributed by atoms with Gasteiger partial charge in [0.1, 0.15) is 5.75 Å². The van der Waals surface area contributed by atoms with Crippen molar-refractivity contribution in [3.8, 4) is 16.9 Å². The first kappa shape index (κ1) is 11.6. The van der Waals surface area contributed by atoms with Crippen molar-refractivity contribution in [3.63, 3.8) is 0 Å². The van der Waals surface area contributed by atoms with Gasteiger partial charge >= 0.3 is 0 Å². The Labute approximate surface area is 102 Å². The van der Waals surface area contributed by atoms with Crippen molar-refractivity contribution >= 4 is 0 Å². The van der Waals surface area contributed by atoms with Crippen LogP contribution in [-0.2, 0) is 6.42 Å². The fraction of sp³-hybridized carbons (Fsp3) is 0.267. The van der Waals surface area contributed by atoms with Gasteiger partial charge in [0.05, 0.1) is 7.11 Å². The smallest absolute Gasteiger partial charge is 0.126 e. The van der Waals surface area contributed by atoms with E-state index in [0.29, 0.717) is 0 Å². The lowest BCUT2D eigenvalue weighted by Gasteiger charge is -2.08. The predicted octanol–water partition coefficient (Wildman–Crippen LogP) is 3.71. The van der Waals surface area contributed by atoms with Crippen LogP contribution in [0, 0.1) is 0 Å². The first-order valence-corrected chi connectivity index (χ1v) is 5.93. The van der Waals surface area contributed by atoms with Gasteiger partial charge in [-0.25, -0.2) is 0 Å². The molecule has 1 aromatic carbocycles. The summed E-state index contributed by atoms with van der Waals surface area (Å²) in [5, 5.41) is 0. The molecule has 0 atom stereocenters. The molecule has 2 aromatic rings. The number of aromatic nitrogens is 1. The minimum absolute atomic E-state index is 0.887. The number of methoxy groups -OCH3 is 1. The number of ether oxygens (including phenoxy) is 1. The van der Waals surface area contributed by atoms with E-state index in [1.54, 1.807) is 7.11 Å². The van der Waals surface area contributed by atoms with Gasteiger partial charge in [0.25, 0.3) is 0 Å². The van der Waals surface area contributed by atoms with Crippen molar-refractivity contribution in [1.29, 1.82) is 0 Å². The molecule has 0 aliphatic heterocycles. The van der Waals surface area contributed by atoms with Crippen LogP contribution in [0.2, 0.25) is 0 Å². The summed E-state index contributed by atoms with van der Waals surface area (Å²) in [6.07, 6.45) is 4.08. The maximum Gasteiger partial charge on any atom is 0.126 e. The van der Waals surface area contributed by atoms with Gasteiger partial charge in [-0.1, -0.05) is 37.6 Å². The Bertz CT molecular complexity index is 477. The van der Waals surface area contributed by atoms with Crippen LogP contribution >= 0.6 is 0 Å². The first-order chi connectivity index (χ1) is 8.35. The summed E-state index contributed by atoms with van der Waals surface area (Å²) >= 11 is 0. The molecule has 0 amide bonds. The molecule has 0 aliphatic rings. The average molecular weight is 227 g/mol. The minimum atomic E-state index is 0.887. The van der Waals surface area contributed by atoms with Crippen LogP contribution in [0.4, 0.5) is 0 Å². The highest BCUT2D eigenvalue weighted by Gasteiger charge is 2.04. The largest absolute Gasteiger partial charge is 0.496 e. The molecule has 88 valence electrons. The van der Waals surface area contributed by atoms with E-state index in [0.717, 1.165) is 35.4 Å². The van der Waals surface area contributed by atoms with E-state index in [-0.39, 0.29) is 0 Å². The Morgan fingerprint density at radius 2 is 1.94 bits per heavy atom. The number of para-hydroxylation sites is 1. The zero-order valence-corrected chi connectivity index (χ0v) is 10.3. The Balaban J connectivity index is 2.33. The number of aryl methyl sites for hydroxylation is 1. The third-order valence-corrected chi connectivity index (χ3v) is 2.75. The zero-order chi connectivity index (χ0) is 12.1. The van der Waals surface area contributed by atoms with Gasteiger partial charge in [-0.05, 0) is 18.6 Å². The second-order valence-corrected chi connectivity index (χ2v) is 3.99. The van der Waals surface area contributed by atoms with Crippen LogP contribution in [0.25, 0.3) is 11.1 Å². The molecular formula is C15H17NO. The van der Waals surface area contributed by atoms with Gasteiger partial charge < -0.3 is 4.74 Å². The van der Waals surface area contributed by atoms with Crippen molar-refractivity contribution in [1.82, 2.24) is 4.98 Å². The predicted molar refractivity (Wildman–Crippen MR) is 70.2 cm³/mol. The van der Waals surface area contributed by atoms with E-state index in [4.69, 9.17) is 4.74 Å². The summed E-state index contributed by atoms with van der Waals surface area (Å²) in [5.74, 6) is 0.887. The maximum absolute atomic E-state index is 5.35. The fourth-order valence-corrected chi connectivity index (χ4v) is 1.87. The SMILES string of the molecule is CCCc1ccc(-c2ccccc2OC)cn1. The molecule has 0 radical (unpaired) electrons. The molecule has 1 aromatic heterocycles. The molecule has 0 spiro atoms. The summed E-state index contributed by atoms with van der Waals surface area (Å²) in [7, 11) is 1.69. The monoisotopic (exact) mass is 227 g/mol. The lowest BCUT2D eigenvalue weighted by atomic mass is 10.1. The third-order valence-electron chi connectivity index (χ3n) is 2.75. The Morgan fingerprint density at radius 1 is 1.12 bits per heavy atom. The molecular weight excluding hydrogens is 210 g/mol. The van der Waals surface area contributed by atoms with Gasteiger partial charge in [0.2, 0.25) is 0 Å². The molecule has 17 heavy (non-hydrogen) atoms. The van der Waals surface area contributed by atoms with Crippen molar-refractivity contribution in [2.24, 2.45) is 0 Å². The van der Waals surface area contributed by atoms with Gasteiger partial charge in [-0.3, -0.25) is 4.98 Å². The van der Waals surface area contributed by atoms with E-state index >= 15 is 0 Å². The van der Waals surface area contributed by atoms with E-state index < -0.39 is 0 Å². The molecule has 2 nitrogen and oxygen atoms in total. The van der Waals surface area contributed by atoms with E-state index in [1.165, 1.54) is 0 Å². The van der Waals surface area contributed by atoms with Crippen LogP contribution in [0.3, 0.4) is 0 Å². The summed E-state index contributed by atoms with van der Waals surface area (Å²) < 4.78 is 5.35. The first-order valence-electron chi connectivity index (χ1n) is 5.93. The molecule has 0 bridgehead atoms. The Kier molecular flexibility index (Phi) is 3.76. The van der Waals surface area contributed by atoms with Crippen molar-refractivity contribution < 1.29 is 4.74 Å². The number of benzene rings is 1. The van der Waals surface area contributed by atoms with Crippen LogP contribution in [-0.4, -0.2) is 12.1 Å².